The molecule has 2 aliphatic rings. The second-order valence-corrected chi connectivity index (χ2v) is 12.5. The Bertz CT molecular complexity index is 2690. The molecule has 2 aliphatic heterocycles. The first-order valence-corrected chi connectivity index (χ1v) is 16.8. The summed E-state index contributed by atoms with van der Waals surface area (Å²) in [4.78, 5) is 30.9. The summed E-state index contributed by atoms with van der Waals surface area (Å²) in [5.41, 5.74) is 13.0. The molecular weight excluding hydrogens is 629 g/mol. The fraction of sp³-hybridized carbons (Fsp3) is 0. The van der Waals surface area contributed by atoms with E-state index in [1.165, 1.54) is 0 Å². The quantitative estimate of drug-likeness (QED) is 0.172. The predicted octanol–water partition coefficient (Wildman–Crippen LogP) is 10.5. The van der Waals surface area contributed by atoms with Gasteiger partial charge in [0.2, 0.25) is 0 Å². The minimum Gasteiger partial charge on any atom is -0.478 e. The van der Waals surface area contributed by atoms with E-state index in [1.807, 2.05) is 121 Å². The Labute approximate surface area is 293 Å². The number of aromatic amines is 2. The third-order valence-electron chi connectivity index (χ3n) is 9.26. The molecule has 9 rings (SSSR count). The highest BCUT2D eigenvalue weighted by Gasteiger charge is 2.31. The van der Waals surface area contributed by atoms with Crippen LogP contribution in [0.2, 0.25) is 0 Å². The van der Waals surface area contributed by atoms with E-state index >= 15 is 0 Å². The highest BCUT2D eigenvalue weighted by Crippen LogP contribution is 2.47. The first-order chi connectivity index (χ1) is 25.1. The molecule has 0 fully saturated rings. The van der Waals surface area contributed by atoms with Gasteiger partial charge in [0.25, 0.3) is 0 Å². The lowest BCUT2D eigenvalue weighted by atomic mass is 9.89. The number of carboxylic acids is 1. The van der Waals surface area contributed by atoms with Crippen LogP contribution in [0.3, 0.4) is 0 Å². The number of aromatic nitrogens is 4. The van der Waals surface area contributed by atoms with Crippen molar-refractivity contribution in [3.05, 3.63) is 180 Å². The van der Waals surface area contributed by atoms with Crippen molar-refractivity contribution in [3.63, 3.8) is 0 Å². The molecule has 3 N–H and O–H groups in total. The normalized spacial score (nSPS) is 12.3. The van der Waals surface area contributed by atoms with E-state index in [9.17, 15) is 9.90 Å². The number of carboxylic acid groups (broad SMARTS) is 1. The molecule has 7 aromatic rings. The topological polar surface area (TPSA) is 94.7 Å². The highest BCUT2D eigenvalue weighted by molar-refractivity contribution is 6.28. The second kappa shape index (κ2) is 12.4. The zero-order valence-electron chi connectivity index (χ0n) is 27.3. The Hall–Kier alpha value is -7.05. The summed E-state index contributed by atoms with van der Waals surface area (Å²) in [6, 6.07) is 50.2. The van der Waals surface area contributed by atoms with Crippen LogP contribution in [0, 0.1) is 0 Å². The summed E-state index contributed by atoms with van der Waals surface area (Å²) in [6.45, 7) is 0. The molecule has 242 valence electrons. The Morgan fingerprint density at radius 1 is 0.510 bits per heavy atom. The van der Waals surface area contributed by atoms with Crippen LogP contribution in [0.25, 0.3) is 78.7 Å². The number of rotatable bonds is 5. The van der Waals surface area contributed by atoms with Gasteiger partial charge in [0.05, 0.1) is 33.9 Å². The molecule has 6 heteroatoms. The van der Waals surface area contributed by atoms with Crippen LogP contribution < -0.4 is 0 Å². The van der Waals surface area contributed by atoms with E-state index in [0.29, 0.717) is 17.0 Å². The van der Waals surface area contributed by atoms with Crippen molar-refractivity contribution in [2.24, 2.45) is 0 Å². The largest absolute Gasteiger partial charge is 0.478 e. The van der Waals surface area contributed by atoms with Gasteiger partial charge >= 0.3 is 5.97 Å². The summed E-state index contributed by atoms with van der Waals surface area (Å²) in [6.07, 6.45) is 4.02. The average Bonchev–Trinajstić information content (AvgIpc) is 3.96. The SMILES string of the molecule is O=C(O)C1=C(c2ccccc2)c2nc1cc1ccc(cc3nc(cc4[nH]c(c2-c2ccccc2)c(-c2ccccc2)c4-c2ccccc2)C=C3)[nH]1. The molecule has 0 saturated carbocycles. The fourth-order valence-electron chi connectivity index (χ4n) is 7.09. The van der Waals surface area contributed by atoms with Crippen LogP contribution in [0.1, 0.15) is 28.3 Å². The third-order valence-corrected chi connectivity index (χ3v) is 9.26. The summed E-state index contributed by atoms with van der Waals surface area (Å²) >= 11 is 0. The van der Waals surface area contributed by atoms with Crippen molar-refractivity contribution < 1.29 is 9.90 Å². The maximum Gasteiger partial charge on any atom is 0.338 e. The van der Waals surface area contributed by atoms with E-state index in [2.05, 4.69) is 52.4 Å². The molecule has 5 heterocycles. The molecule has 0 radical (unpaired) electrons. The average molecular weight is 659 g/mol. The van der Waals surface area contributed by atoms with Gasteiger partial charge < -0.3 is 15.1 Å². The second-order valence-electron chi connectivity index (χ2n) is 12.5. The summed E-state index contributed by atoms with van der Waals surface area (Å²) in [5.74, 6) is -1.05. The molecule has 51 heavy (non-hydrogen) atoms. The standard InChI is InChI=1S/C45H30N4O2/c50-45(51)42-37-27-35-24-22-33(47-35)25-32-21-23-34(46-32)26-36-38(28-13-5-1-6-14-28)39(29-15-7-2-8-16-29)43(48-36)41(31-19-11-4-12-20-31)44(49-37)40(42)30-17-9-3-10-18-30/h1-27,47-48H,(H,50,51). The van der Waals surface area contributed by atoms with Gasteiger partial charge in [-0.3, -0.25) is 0 Å². The van der Waals surface area contributed by atoms with Crippen molar-refractivity contribution >= 4 is 51.3 Å². The maximum absolute atomic E-state index is 13.4. The van der Waals surface area contributed by atoms with E-state index in [0.717, 1.165) is 72.4 Å². The number of nitrogens with one attached hydrogen (secondary N) is 2. The van der Waals surface area contributed by atoms with Gasteiger partial charge in [0, 0.05) is 38.8 Å². The lowest BCUT2D eigenvalue weighted by molar-refractivity contribution is -0.130. The van der Waals surface area contributed by atoms with Gasteiger partial charge in [-0.25, -0.2) is 14.8 Å². The lowest BCUT2D eigenvalue weighted by Gasteiger charge is -2.13. The molecular formula is C45H30N4O2. The zero-order valence-corrected chi connectivity index (χ0v) is 27.3. The molecule has 0 aliphatic carbocycles. The molecule has 0 spiro atoms. The number of nitrogens with zero attached hydrogens (tertiary/aromatic N) is 2. The van der Waals surface area contributed by atoms with E-state index < -0.39 is 5.97 Å². The molecule has 0 atom stereocenters. The number of H-pyrrole nitrogens is 2. The van der Waals surface area contributed by atoms with Crippen molar-refractivity contribution in [1.82, 2.24) is 19.9 Å². The molecule has 0 unspecified atom stereocenters. The van der Waals surface area contributed by atoms with Crippen molar-refractivity contribution in [2.75, 3.05) is 0 Å². The zero-order chi connectivity index (χ0) is 34.3. The molecule has 0 saturated heterocycles. The van der Waals surface area contributed by atoms with Gasteiger partial charge in [-0.05, 0) is 64.7 Å². The fourth-order valence-corrected chi connectivity index (χ4v) is 7.09. The Morgan fingerprint density at radius 3 is 1.61 bits per heavy atom. The van der Waals surface area contributed by atoms with Gasteiger partial charge in [-0.2, -0.15) is 0 Å². The van der Waals surface area contributed by atoms with Gasteiger partial charge in [-0.1, -0.05) is 121 Å². The summed E-state index contributed by atoms with van der Waals surface area (Å²) in [7, 11) is 0. The van der Waals surface area contributed by atoms with Crippen LogP contribution in [0.15, 0.2) is 152 Å². The minimum absolute atomic E-state index is 0.138. The highest BCUT2D eigenvalue weighted by atomic mass is 16.4. The Balaban J connectivity index is 1.58. The molecule has 3 aromatic heterocycles. The Kier molecular flexibility index (Phi) is 7.33. The van der Waals surface area contributed by atoms with Gasteiger partial charge in [0.15, 0.2) is 0 Å². The number of benzene rings is 4. The molecule has 0 amide bonds. The van der Waals surface area contributed by atoms with Crippen molar-refractivity contribution in [2.45, 2.75) is 0 Å². The van der Waals surface area contributed by atoms with Crippen molar-refractivity contribution in [1.29, 1.82) is 0 Å². The minimum atomic E-state index is -1.05. The van der Waals surface area contributed by atoms with Crippen LogP contribution >= 0.6 is 0 Å². The maximum atomic E-state index is 13.4. The Morgan fingerprint density at radius 2 is 1.02 bits per heavy atom. The molecule has 6 nitrogen and oxygen atoms in total. The number of fused-ring (bicyclic) bond motifs is 8. The lowest BCUT2D eigenvalue weighted by Crippen LogP contribution is -2.01. The first-order valence-electron chi connectivity index (χ1n) is 16.8. The van der Waals surface area contributed by atoms with Crippen molar-refractivity contribution in [3.8, 4) is 33.4 Å². The number of hydrogen-bond donors (Lipinski definition) is 3. The molecule has 8 bridgehead atoms. The van der Waals surface area contributed by atoms with Crippen LogP contribution in [0.5, 0.6) is 0 Å². The van der Waals surface area contributed by atoms with Gasteiger partial charge in [0.1, 0.15) is 0 Å². The van der Waals surface area contributed by atoms with E-state index in [1.54, 1.807) is 0 Å². The number of hydrogen-bond acceptors (Lipinski definition) is 3. The third kappa shape index (κ3) is 5.45. The van der Waals surface area contributed by atoms with Gasteiger partial charge in [-0.15, -0.1) is 0 Å². The van der Waals surface area contributed by atoms with Crippen LogP contribution in [0.4, 0.5) is 0 Å². The molecule has 4 aromatic carbocycles. The monoisotopic (exact) mass is 658 g/mol. The van der Waals surface area contributed by atoms with E-state index in [4.69, 9.17) is 9.97 Å². The summed E-state index contributed by atoms with van der Waals surface area (Å²) < 4.78 is 0. The smallest absolute Gasteiger partial charge is 0.338 e. The van der Waals surface area contributed by atoms with E-state index in [-0.39, 0.29) is 5.57 Å². The first kappa shape index (κ1) is 30.0. The number of carbonyl (C=O) groups is 1. The number of aliphatic carboxylic acids is 1. The van der Waals surface area contributed by atoms with Crippen LogP contribution in [-0.4, -0.2) is 31.0 Å². The predicted molar refractivity (Wildman–Crippen MR) is 206 cm³/mol. The van der Waals surface area contributed by atoms with Crippen LogP contribution in [-0.2, 0) is 4.79 Å². The summed E-state index contributed by atoms with van der Waals surface area (Å²) in [5, 5.41) is 10.9.